The number of aryl methyl sites for hydroxylation is 3. The summed E-state index contributed by atoms with van der Waals surface area (Å²) < 4.78 is 4.45. The summed E-state index contributed by atoms with van der Waals surface area (Å²) in [4.78, 5) is 3.35. The summed E-state index contributed by atoms with van der Waals surface area (Å²) >= 11 is 0. The van der Waals surface area contributed by atoms with Crippen LogP contribution in [0.25, 0.3) is 44.1 Å². The van der Waals surface area contributed by atoms with Gasteiger partial charge in [-0.1, -0.05) is 37.3 Å². The van der Waals surface area contributed by atoms with Gasteiger partial charge in [-0.25, -0.2) is 0 Å². The monoisotopic (exact) mass is 353 g/mol. The molecule has 0 aliphatic rings. The number of rotatable bonds is 3. The molecule has 3 heterocycles. The molecule has 0 spiro atoms. The van der Waals surface area contributed by atoms with Gasteiger partial charge in [0, 0.05) is 82.9 Å². The third-order valence-corrected chi connectivity index (χ3v) is 5.69. The molecule has 5 aromatic rings. The smallest absolute Gasteiger partial charge is 0.0486 e. The number of nitrogens with zero attached hydrogens (tertiary/aromatic N) is 2. The van der Waals surface area contributed by atoms with Crippen molar-refractivity contribution >= 4 is 21.8 Å². The maximum Gasteiger partial charge on any atom is 0.0486 e. The Labute approximate surface area is 158 Å². The van der Waals surface area contributed by atoms with E-state index in [4.69, 9.17) is 0 Å². The zero-order chi connectivity index (χ0) is 18.5. The van der Waals surface area contributed by atoms with Gasteiger partial charge in [0.15, 0.2) is 0 Å². The standard InChI is InChI=1S/C24H23N3/c1-4-16-9-10-18-22(15-27(3)24(18)11-16)20-13-25-12-19(20)21-14-26(2)23-8-6-5-7-17(21)23/h5-15,25H,4H2,1-3H3. The molecular formula is C24H23N3. The first-order valence-corrected chi connectivity index (χ1v) is 9.47. The Kier molecular flexibility index (Phi) is 3.51. The van der Waals surface area contributed by atoms with Crippen LogP contribution in [0.1, 0.15) is 12.5 Å². The molecule has 134 valence electrons. The van der Waals surface area contributed by atoms with Gasteiger partial charge in [-0.2, -0.15) is 0 Å². The lowest BCUT2D eigenvalue weighted by molar-refractivity contribution is 0.967. The Morgan fingerprint density at radius 3 is 2.07 bits per heavy atom. The molecule has 2 aromatic carbocycles. The van der Waals surface area contributed by atoms with Crippen molar-refractivity contribution in [3.63, 3.8) is 0 Å². The molecule has 0 fully saturated rings. The molecule has 3 nitrogen and oxygen atoms in total. The number of nitrogens with one attached hydrogen (secondary N) is 1. The minimum Gasteiger partial charge on any atom is -0.366 e. The van der Waals surface area contributed by atoms with E-state index in [1.54, 1.807) is 0 Å². The molecule has 0 saturated heterocycles. The van der Waals surface area contributed by atoms with Gasteiger partial charge < -0.3 is 14.1 Å². The Bertz CT molecular complexity index is 1280. The van der Waals surface area contributed by atoms with Gasteiger partial charge in [-0.05, 0) is 24.1 Å². The zero-order valence-electron chi connectivity index (χ0n) is 16.0. The minimum atomic E-state index is 1.06. The van der Waals surface area contributed by atoms with Gasteiger partial charge in [0.05, 0.1) is 0 Å². The summed E-state index contributed by atoms with van der Waals surface area (Å²) in [6.07, 6.45) is 9.79. The van der Waals surface area contributed by atoms with Crippen molar-refractivity contribution < 1.29 is 0 Å². The first-order chi connectivity index (χ1) is 13.2. The summed E-state index contributed by atoms with van der Waals surface area (Å²) in [5.74, 6) is 0. The second-order valence-electron chi connectivity index (χ2n) is 7.31. The third-order valence-electron chi connectivity index (χ3n) is 5.69. The summed E-state index contributed by atoms with van der Waals surface area (Å²) in [7, 11) is 4.25. The molecule has 3 aromatic heterocycles. The van der Waals surface area contributed by atoms with Gasteiger partial charge in [-0.3, -0.25) is 0 Å². The number of aromatic amines is 1. The van der Waals surface area contributed by atoms with E-state index in [0.29, 0.717) is 0 Å². The van der Waals surface area contributed by atoms with Crippen molar-refractivity contribution in [2.24, 2.45) is 14.1 Å². The molecule has 0 aliphatic heterocycles. The predicted octanol–water partition coefficient (Wildman–Crippen LogP) is 5.89. The van der Waals surface area contributed by atoms with Gasteiger partial charge >= 0.3 is 0 Å². The topological polar surface area (TPSA) is 25.6 Å². The molecule has 3 heteroatoms. The number of benzene rings is 2. The van der Waals surface area contributed by atoms with Gasteiger partial charge in [0.25, 0.3) is 0 Å². The van der Waals surface area contributed by atoms with Crippen molar-refractivity contribution in [1.29, 1.82) is 0 Å². The maximum atomic E-state index is 3.35. The largest absolute Gasteiger partial charge is 0.366 e. The molecule has 0 radical (unpaired) electrons. The molecule has 0 unspecified atom stereocenters. The van der Waals surface area contributed by atoms with Crippen LogP contribution in [-0.2, 0) is 20.5 Å². The second kappa shape index (κ2) is 5.92. The highest BCUT2D eigenvalue weighted by molar-refractivity contribution is 6.04. The number of H-pyrrole nitrogens is 1. The van der Waals surface area contributed by atoms with Gasteiger partial charge in [0.1, 0.15) is 0 Å². The molecule has 0 aliphatic carbocycles. The molecule has 5 rings (SSSR count). The van der Waals surface area contributed by atoms with Crippen LogP contribution in [0.3, 0.4) is 0 Å². The molecule has 27 heavy (non-hydrogen) atoms. The quantitative estimate of drug-likeness (QED) is 0.418. The maximum absolute atomic E-state index is 3.35. The number of para-hydroxylation sites is 1. The van der Waals surface area contributed by atoms with E-state index < -0.39 is 0 Å². The SMILES string of the molecule is CCc1ccc2c(-c3c[nH]cc3-c3cn(C)c4ccccc34)cn(C)c2c1. The molecule has 0 amide bonds. The van der Waals surface area contributed by atoms with E-state index in [2.05, 4.69) is 102 Å². The van der Waals surface area contributed by atoms with Crippen molar-refractivity contribution in [3.8, 4) is 22.3 Å². The van der Waals surface area contributed by atoms with E-state index in [1.165, 1.54) is 49.6 Å². The normalized spacial score (nSPS) is 11.7. The van der Waals surface area contributed by atoms with Crippen LogP contribution in [0.4, 0.5) is 0 Å². The van der Waals surface area contributed by atoms with Crippen LogP contribution < -0.4 is 0 Å². The number of hydrogen-bond donors (Lipinski definition) is 1. The molecular weight excluding hydrogens is 330 g/mol. The first-order valence-electron chi connectivity index (χ1n) is 9.47. The molecule has 0 bridgehead atoms. The van der Waals surface area contributed by atoms with E-state index in [-0.39, 0.29) is 0 Å². The summed E-state index contributed by atoms with van der Waals surface area (Å²) in [6, 6.07) is 15.4. The van der Waals surface area contributed by atoms with Gasteiger partial charge in [-0.15, -0.1) is 0 Å². The van der Waals surface area contributed by atoms with Crippen molar-refractivity contribution in [3.05, 3.63) is 72.8 Å². The fraction of sp³-hybridized carbons (Fsp3) is 0.167. The molecule has 0 saturated carbocycles. The average molecular weight is 353 g/mol. The molecule has 0 atom stereocenters. The Balaban J connectivity index is 1.76. The minimum absolute atomic E-state index is 1.06. The van der Waals surface area contributed by atoms with Crippen molar-refractivity contribution in [2.75, 3.05) is 0 Å². The third kappa shape index (κ3) is 2.35. The Hall–Kier alpha value is -3.20. The van der Waals surface area contributed by atoms with Gasteiger partial charge in [0.2, 0.25) is 0 Å². The van der Waals surface area contributed by atoms with E-state index in [0.717, 1.165) is 6.42 Å². The van der Waals surface area contributed by atoms with Crippen LogP contribution in [0.15, 0.2) is 67.3 Å². The van der Waals surface area contributed by atoms with Crippen LogP contribution in [0.5, 0.6) is 0 Å². The number of fused-ring (bicyclic) bond motifs is 2. The highest BCUT2D eigenvalue weighted by Crippen LogP contribution is 2.40. The van der Waals surface area contributed by atoms with Crippen molar-refractivity contribution in [2.45, 2.75) is 13.3 Å². The van der Waals surface area contributed by atoms with Crippen LogP contribution in [-0.4, -0.2) is 14.1 Å². The highest BCUT2D eigenvalue weighted by Gasteiger charge is 2.17. The van der Waals surface area contributed by atoms with E-state index in [9.17, 15) is 0 Å². The average Bonchev–Trinajstić information content (AvgIpc) is 3.38. The zero-order valence-corrected chi connectivity index (χ0v) is 16.0. The second-order valence-corrected chi connectivity index (χ2v) is 7.31. The van der Waals surface area contributed by atoms with Crippen molar-refractivity contribution in [1.82, 2.24) is 14.1 Å². The van der Waals surface area contributed by atoms with Crippen LogP contribution in [0.2, 0.25) is 0 Å². The number of aromatic nitrogens is 3. The predicted molar refractivity (Wildman–Crippen MR) is 114 cm³/mol. The molecule has 1 N–H and O–H groups in total. The summed E-state index contributed by atoms with van der Waals surface area (Å²) in [6.45, 7) is 2.20. The van der Waals surface area contributed by atoms with E-state index in [1.807, 2.05) is 0 Å². The Morgan fingerprint density at radius 1 is 0.741 bits per heavy atom. The van der Waals surface area contributed by atoms with Crippen LogP contribution >= 0.6 is 0 Å². The lowest BCUT2D eigenvalue weighted by Gasteiger charge is -2.03. The fourth-order valence-electron chi connectivity index (χ4n) is 4.23. The first kappa shape index (κ1) is 16.0. The summed E-state index contributed by atoms with van der Waals surface area (Å²) in [5, 5.41) is 2.59. The highest BCUT2D eigenvalue weighted by atomic mass is 14.9. The summed E-state index contributed by atoms with van der Waals surface area (Å²) in [5.41, 5.74) is 8.96. The fourth-order valence-corrected chi connectivity index (χ4v) is 4.23. The number of hydrogen-bond acceptors (Lipinski definition) is 0. The van der Waals surface area contributed by atoms with E-state index >= 15 is 0 Å². The lowest BCUT2D eigenvalue weighted by Crippen LogP contribution is -1.85. The lowest BCUT2D eigenvalue weighted by atomic mass is 9.98. The Morgan fingerprint density at radius 2 is 1.37 bits per heavy atom. The van der Waals surface area contributed by atoms with Crippen LogP contribution in [0, 0.1) is 0 Å².